The lowest BCUT2D eigenvalue weighted by atomic mass is 10.1. The van der Waals surface area contributed by atoms with E-state index in [-0.39, 0.29) is 5.91 Å². The monoisotopic (exact) mass is 372 g/mol. The predicted molar refractivity (Wildman–Crippen MR) is 108 cm³/mol. The van der Waals surface area contributed by atoms with E-state index >= 15 is 0 Å². The summed E-state index contributed by atoms with van der Waals surface area (Å²) in [6.07, 6.45) is 0.982. The van der Waals surface area contributed by atoms with E-state index in [1.165, 1.54) is 5.56 Å². The van der Waals surface area contributed by atoms with Crippen molar-refractivity contribution in [3.63, 3.8) is 0 Å². The highest BCUT2D eigenvalue weighted by molar-refractivity contribution is 6.05. The number of benzene rings is 2. The number of anilines is 1. The molecule has 1 N–H and O–H groups in total. The molecule has 2 heterocycles. The quantitative estimate of drug-likeness (QED) is 0.561. The van der Waals surface area contributed by atoms with Gasteiger partial charge in [0, 0.05) is 17.2 Å². The molecule has 28 heavy (non-hydrogen) atoms. The highest BCUT2D eigenvalue weighted by Crippen LogP contribution is 2.23. The van der Waals surface area contributed by atoms with Crippen LogP contribution < -0.4 is 5.32 Å². The minimum Gasteiger partial charge on any atom is -0.338 e. The Kier molecular flexibility index (Phi) is 4.61. The first-order valence-electron chi connectivity index (χ1n) is 9.16. The molecule has 6 heteroatoms. The molecule has 4 aromatic rings. The van der Waals surface area contributed by atoms with Crippen molar-refractivity contribution in [2.45, 2.75) is 27.2 Å². The molecule has 0 radical (unpaired) electrons. The number of aromatic nitrogens is 3. The molecule has 1 amide bonds. The summed E-state index contributed by atoms with van der Waals surface area (Å²) in [5.74, 6) is 0.0109. The van der Waals surface area contributed by atoms with Crippen molar-refractivity contribution in [2.24, 2.45) is 0 Å². The summed E-state index contributed by atoms with van der Waals surface area (Å²) in [6, 6.07) is 15.1. The lowest BCUT2D eigenvalue weighted by molar-refractivity contribution is 0.102. The van der Waals surface area contributed by atoms with Crippen molar-refractivity contribution < 1.29 is 9.32 Å². The smallest absolute Gasteiger partial charge is 0.258 e. The fourth-order valence-electron chi connectivity index (χ4n) is 2.94. The van der Waals surface area contributed by atoms with Crippen LogP contribution in [0.4, 0.5) is 5.88 Å². The van der Waals surface area contributed by atoms with Gasteiger partial charge in [-0.25, -0.2) is 9.97 Å². The van der Waals surface area contributed by atoms with Crippen LogP contribution in [0.3, 0.4) is 0 Å². The molecule has 4 rings (SSSR count). The number of nitrogens with one attached hydrogen (secondary N) is 1. The van der Waals surface area contributed by atoms with Gasteiger partial charge in [-0.3, -0.25) is 10.1 Å². The van der Waals surface area contributed by atoms with Gasteiger partial charge in [0.2, 0.25) is 5.88 Å². The Morgan fingerprint density at radius 1 is 0.964 bits per heavy atom. The van der Waals surface area contributed by atoms with Gasteiger partial charge in [0.25, 0.3) is 5.91 Å². The van der Waals surface area contributed by atoms with Crippen LogP contribution in [0.1, 0.15) is 34.2 Å². The second-order valence-electron chi connectivity index (χ2n) is 6.68. The van der Waals surface area contributed by atoms with Crippen LogP contribution >= 0.6 is 0 Å². The van der Waals surface area contributed by atoms with Gasteiger partial charge in [-0.05, 0) is 44.0 Å². The van der Waals surface area contributed by atoms with Gasteiger partial charge in [-0.1, -0.05) is 36.3 Å². The molecule has 0 aliphatic carbocycles. The molecule has 0 aliphatic heterocycles. The zero-order valence-corrected chi connectivity index (χ0v) is 16.0. The zero-order valence-electron chi connectivity index (χ0n) is 16.0. The van der Waals surface area contributed by atoms with Gasteiger partial charge < -0.3 is 4.52 Å². The van der Waals surface area contributed by atoms with E-state index in [0.717, 1.165) is 28.9 Å². The number of nitrogens with zero attached hydrogens (tertiary/aromatic N) is 3. The Morgan fingerprint density at radius 3 is 2.39 bits per heavy atom. The third kappa shape index (κ3) is 3.49. The number of hydrogen-bond acceptors (Lipinski definition) is 5. The fraction of sp³-hybridized carbons (Fsp3) is 0.182. The first-order valence-corrected chi connectivity index (χ1v) is 9.16. The summed E-state index contributed by atoms with van der Waals surface area (Å²) in [5.41, 5.74) is 6.52. The molecule has 0 saturated carbocycles. The Morgan fingerprint density at radius 2 is 1.68 bits per heavy atom. The topological polar surface area (TPSA) is 80.9 Å². The van der Waals surface area contributed by atoms with E-state index in [9.17, 15) is 4.79 Å². The summed E-state index contributed by atoms with van der Waals surface area (Å²) in [6.45, 7) is 5.93. The van der Waals surface area contributed by atoms with Gasteiger partial charge >= 0.3 is 0 Å². The molecular weight excluding hydrogens is 352 g/mol. The molecule has 6 nitrogen and oxygen atoms in total. The van der Waals surface area contributed by atoms with Gasteiger partial charge in [0.05, 0.1) is 22.4 Å². The summed E-state index contributed by atoms with van der Waals surface area (Å²) in [4.78, 5) is 21.6. The Balaban J connectivity index is 1.54. The van der Waals surface area contributed by atoms with Crippen LogP contribution in [-0.4, -0.2) is 21.0 Å². The normalized spacial score (nSPS) is 11.0. The second-order valence-corrected chi connectivity index (χ2v) is 6.68. The Bertz CT molecular complexity index is 1160. The van der Waals surface area contributed by atoms with Crippen molar-refractivity contribution in [2.75, 3.05) is 5.32 Å². The first-order chi connectivity index (χ1) is 13.5. The van der Waals surface area contributed by atoms with Crippen molar-refractivity contribution in [3.05, 3.63) is 71.0 Å². The highest BCUT2D eigenvalue weighted by Gasteiger charge is 2.13. The second kappa shape index (κ2) is 7.23. The van der Waals surface area contributed by atoms with Crippen molar-refractivity contribution >= 4 is 22.8 Å². The third-order valence-electron chi connectivity index (χ3n) is 4.74. The molecule has 2 aromatic carbocycles. The van der Waals surface area contributed by atoms with Crippen LogP contribution in [0.2, 0.25) is 0 Å². The Hall–Kier alpha value is -3.54. The number of hydrogen-bond donors (Lipinski definition) is 1. The molecule has 2 aromatic heterocycles. The van der Waals surface area contributed by atoms with E-state index in [4.69, 9.17) is 4.52 Å². The summed E-state index contributed by atoms with van der Waals surface area (Å²) < 4.78 is 5.28. The lowest BCUT2D eigenvalue weighted by Gasteiger charge is -2.05. The minimum absolute atomic E-state index is 0.286. The fourth-order valence-corrected chi connectivity index (χ4v) is 2.94. The lowest BCUT2D eigenvalue weighted by Crippen LogP contribution is -2.11. The maximum absolute atomic E-state index is 12.6. The van der Waals surface area contributed by atoms with E-state index in [2.05, 4.69) is 39.5 Å². The molecular formula is C22H20N4O2. The predicted octanol–water partition coefficient (Wildman–Crippen LogP) is 4.72. The number of rotatable bonds is 4. The standard InChI is InChI=1S/C22H20N4O2/c1-4-15-5-7-16(8-6-15)19-12-21(28-26-19)25-22(27)17-9-10-18-20(11-17)24-14(3)13(2)23-18/h5-12H,4H2,1-3H3,(H,25,27). The number of aryl methyl sites for hydroxylation is 3. The molecule has 0 fully saturated rings. The zero-order chi connectivity index (χ0) is 19.7. The average Bonchev–Trinajstić information content (AvgIpc) is 3.17. The first kappa shape index (κ1) is 17.9. The van der Waals surface area contributed by atoms with E-state index in [1.807, 2.05) is 26.0 Å². The van der Waals surface area contributed by atoms with Crippen molar-refractivity contribution in [1.29, 1.82) is 0 Å². The molecule has 0 aliphatic rings. The van der Waals surface area contributed by atoms with E-state index in [0.29, 0.717) is 22.7 Å². The third-order valence-corrected chi connectivity index (χ3v) is 4.74. The summed E-state index contributed by atoms with van der Waals surface area (Å²) >= 11 is 0. The Labute approximate surface area is 162 Å². The molecule has 0 bridgehead atoms. The van der Waals surface area contributed by atoms with Crippen LogP contribution in [0.5, 0.6) is 0 Å². The average molecular weight is 372 g/mol. The maximum Gasteiger partial charge on any atom is 0.258 e. The molecule has 0 saturated heterocycles. The van der Waals surface area contributed by atoms with Crippen molar-refractivity contribution in [3.8, 4) is 11.3 Å². The van der Waals surface area contributed by atoms with Gasteiger partial charge in [-0.2, -0.15) is 0 Å². The van der Waals surface area contributed by atoms with Gasteiger partial charge in [0.15, 0.2) is 0 Å². The number of fused-ring (bicyclic) bond motifs is 1. The van der Waals surface area contributed by atoms with E-state index in [1.54, 1.807) is 24.3 Å². The van der Waals surface area contributed by atoms with Crippen LogP contribution in [0.25, 0.3) is 22.3 Å². The van der Waals surface area contributed by atoms with Gasteiger partial charge in [-0.15, -0.1) is 0 Å². The summed E-state index contributed by atoms with van der Waals surface area (Å²) in [5, 5.41) is 6.79. The van der Waals surface area contributed by atoms with Crippen molar-refractivity contribution in [1.82, 2.24) is 15.1 Å². The molecule has 0 spiro atoms. The molecule has 0 atom stereocenters. The van der Waals surface area contributed by atoms with Crippen LogP contribution in [-0.2, 0) is 6.42 Å². The number of carbonyl (C=O) groups is 1. The highest BCUT2D eigenvalue weighted by atomic mass is 16.5. The SMILES string of the molecule is CCc1ccc(-c2cc(NC(=O)c3ccc4nc(C)c(C)nc4c3)on2)cc1. The van der Waals surface area contributed by atoms with Crippen LogP contribution in [0.15, 0.2) is 53.1 Å². The van der Waals surface area contributed by atoms with Gasteiger partial charge in [0.1, 0.15) is 5.69 Å². The molecule has 140 valence electrons. The largest absolute Gasteiger partial charge is 0.338 e. The van der Waals surface area contributed by atoms with Crippen LogP contribution in [0, 0.1) is 13.8 Å². The number of amides is 1. The molecule has 0 unspecified atom stereocenters. The minimum atomic E-state index is -0.286. The maximum atomic E-state index is 12.6. The van der Waals surface area contributed by atoms with E-state index < -0.39 is 0 Å². The number of carbonyl (C=O) groups excluding carboxylic acids is 1. The summed E-state index contributed by atoms with van der Waals surface area (Å²) in [7, 11) is 0.